The number of primary amides is 1. The van der Waals surface area contributed by atoms with Gasteiger partial charge in [-0.3, -0.25) is 4.79 Å². The summed E-state index contributed by atoms with van der Waals surface area (Å²) in [6.45, 7) is 0. The van der Waals surface area contributed by atoms with Crippen molar-refractivity contribution in [2.45, 2.75) is 6.04 Å². The van der Waals surface area contributed by atoms with Gasteiger partial charge in [-0.2, -0.15) is 14.6 Å². The van der Waals surface area contributed by atoms with Crippen molar-refractivity contribution in [1.82, 2.24) is 19.6 Å². The van der Waals surface area contributed by atoms with Crippen LogP contribution in [0.3, 0.4) is 0 Å². The van der Waals surface area contributed by atoms with Crippen LogP contribution in [0.5, 0.6) is 0 Å². The van der Waals surface area contributed by atoms with Gasteiger partial charge in [-0.1, -0.05) is 12.1 Å². The second-order valence-corrected chi connectivity index (χ2v) is 5.79. The number of fused-ring (bicyclic) bond motifs is 1. The lowest BCUT2D eigenvalue weighted by Gasteiger charge is -2.07. The fourth-order valence-electron chi connectivity index (χ4n) is 2.28. The van der Waals surface area contributed by atoms with Crippen molar-refractivity contribution < 1.29 is 33.8 Å². The lowest BCUT2D eigenvalue weighted by Crippen LogP contribution is -2.28. The lowest BCUT2D eigenvalue weighted by molar-refractivity contribution is -0.119. The molecule has 13 nitrogen and oxygen atoms in total. The summed E-state index contributed by atoms with van der Waals surface area (Å²) in [4.78, 5) is 51.4. The number of carbonyl (C=O) groups is 4. The van der Waals surface area contributed by atoms with E-state index in [0.717, 1.165) is 10.6 Å². The van der Waals surface area contributed by atoms with E-state index in [1.54, 1.807) is 12.1 Å². The van der Waals surface area contributed by atoms with Crippen LogP contribution in [0.25, 0.3) is 5.78 Å². The molecule has 2 heterocycles. The van der Waals surface area contributed by atoms with Gasteiger partial charge in [-0.25, -0.2) is 19.4 Å². The van der Waals surface area contributed by atoms with Crippen LogP contribution < -0.4 is 11.5 Å². The normalized spacial score (nSPS) is 11.1. The standard InChI is InChI=1S/C10H12N2O3.C8H6N4O4/c1-15-10(14)7-4-2-6(3-5-7)8(11)9(12)13;1-16-7(15)5-2-4(6(13)14)11-8-9-3-10-12(5)8/h2-5,8H,11H2,1H3,(H2,12,13);2-3H,1H3,(H,13,14)/t8-;/m1./s1. The predicted molar refractivity (Wildman–Crippen MR) is 103 cm³/mol. The number of benzene rings is 1. The Kier molecular flexibility index (Phi) is 7.30. The molecule has 0 saturated carbocycles. The van der Waals surface area contributed by atoms with E-state index in [2.05, 4.69) is 24.5 Å². The van der Waals surface area contributed by atoms with Crippen LogP contribution in [0, 0.1) is 0 Å². The highest BCUT2D eigenvalue weighted by Gasteiger charge is 2.17. The van der Waals surface area contributed by atoms with Crippen LogP contribution in [-0.4, -0.2) is 62.7 Å². The Morgan fingerprint density at radius 1 is 1.06 bits per heavy atom. The van der Waals surface area contributed by atoms with E-state index in [9.17, 15) is 19.2 Å². The minimum atomic E-state index is -1.25. The van der Waals surface area contributed by atoms with Gasteiger partial charge >= 0.3 is 17.9 Å². The Bertz CT molecular complexity index is 1130. The molecule has 3 rings (SSSR count). The van der Waals surface area contributed by atoms with Crippen molar-refractivity contribution in [2.75, 3.05) is 14.2 Å². The molecule has 1 amide bonds. The molecule has 0 fully saturated rings. The average Bonchev–Trinajstić information content (AvgIpc) is 3.26. The van der Waals surface area contributed by atoms with Gasteiger partial charge in [-0.05, 0) is 17.7 Å². The minimum Gasteiger partial charge on any atom is -0.477 e. The average molecular weight is 430 g/mol. The Balaban J connectivity index is 0.000000221. The molecule has 0 radical (unpaired) electrons. The number of hydrogen-bond acceptors (Lipinski definition) is 10. The topological polar surface area (TPSA) is 202 Å². The molecule has 31 heavy (non-hydrogen) atoms. The maximum absolute atomic E-state index is 11.4. The largest absolute Gasteiger partial charge is 0.477 e. The number of nitrogens with two attached hydrogens (primary N) is 2. The molecule has 0 bridgehead atoms. The fourth-order valence-corrected chi connectivity index (χ4v) is 2.28. The molecule has 0 aliphatic rings. The van der Waals surface area contributed by atoms with Crippen LogP contribution in [0.2, 0.25) is 0 Å². The molecule has 0 aliphatic carbocycles. The molecular weight excluding hydrogens is 412 g/mol. The highest BCUT2D eigenvalue weighted by atomic mass is 16.5. The number of methoxy groups -OCH3 is 2. The maximum Gasteiger partial charge on any atom is 0.356 e. The van der Waals surface area contributed by atoms with E-state index < -0.39 is 29.9 Å². The summed E-state index contributed by atoms with van der Waals surface area (Å²) in [6.07, 6.45) is 1.17. The minimum absolute atomic E-state index is 0.0281. The maximum atomic E-state index is 11.4. The van der Waals surface area contributed by atoms with Gasteiger partial charge in [0.1, 0.15) is 12.4 Å². The Morgan fingerprint density at radius 3 is 2.19 bits per heavy atom. The summed E-state index contributed by atoms with van der Waals surface area (Å²) >= 11 is 0. The first-order chi connectivity index (χ1) is 14.7. The highest BCUT2D eigenvalue weighted by Crippen LogP contribution is 2.12. The number of aromatic carboxylic acids is 1. The molecule has 1 aromatic carbocycles. The lowest BCUT2D eigenvalue weighted by atomic mass is 10.1. The third-order valence-electron chi connectivity index (χ3n) is 3.86. The second kappa shape index (κ2) is 9.89. The number of carbonyl (C=O) groups excluding carboxylic acids is 3. The first-order valence-corrected chi connectivity index (χ1v) is 8.45. The first kappa shape index (κ1) is 22.9. The van der Waals surface area contributed by atoms with Crippen molar-refractivity contribution in [2.24, 2.45) is 11.5 Å². The molecule has 0 unspecified atom stereocenters. The van der Waals surface area contributed by atoms with Crippen LogP contribution in [0.1, 0.15) is 42.9 Å². The third-order valence-corrected chi connectivity index (χ3v) is 3.86. The molecule has 0 saturated heterocycles. The van der Waals surface area contributed by atoms with Crippen molar-refractivity contribution in [3.8, 4) is 0 Å². The predicted octanol–water partition coefficient (Wildman–Crippen LogP) is -0.433. The van der Waals surface area contributed by atoms with E-state index in [1.807, 2.05) is 0 Å². The number of aromatic nitrogens is 4. The van der Waals surface area contributed by atoms with Crippen LogP contribution in [0.4, 0.5) is 0 Å². The zero-order valence-corrected chi connectivity index (χ0v) is 16.4. The zero-order valence-electron chi connectivity index (χ0n) is 16.4. The fraction of sp³-hybridized carbons (Fsp3) is 0.167. The number of hydrogen-bond donors (Lipinski definition) is 3. The number of ether oxygens (including phenoxy) is 2. The Labute approximate surface area is 174 Å². The van der Waals surface area contributed by atoms with Gasteiger partial charge in [0.05, 0.1) is 19.8 Å². The monoisotopic (exact) mass is 430 g/mol. The summed E-state index contributed by atoms with van der Waals surface area (Å²) in [5.74, 6) is -2.98. The number of carboxylic acids is 1. The molecule has 162 valence electrons. The summed E-state index contributed by atoms with van der Waals surface area (Å²) < 4.78 is 10.1. The van der Waals surface area contributed by atoms with Gasteiger partial charge in [0.25, 0.3) is 5.78 Å². The number of esters is 2. The van der Waals surface area contributed by atoms with Crippen molar-refractivity contribution >= 4 is 29.6 Å². The van der Waals surface area contributed by atoms with Gasteiger partial charge in [0, 0.05) is 6.07 Å². The SMILES string of the molecule is COC(=O)c1cc(C(=O)O)nc2ncnn12.COC(=O)c1ccc([C@@H](N)C(N)=O)cc1. The number of rotatable bonds is 5. The molecule has 5 N–H and O–H groups in total. The van der Waals surface area contributed by atoms with E-state index in [-0.39, 0.29) is 17.2 Å². The summed E-state index contributed by atoms with van der Waals surface area (Å²) in [6, 6.07) is 6.43. The van der Waals surface area contributed by atoms with E-state index in [4.69, 9.17) is 16.6 Å². The Hall–Kier alpha value is -4.39. The van der Waals surface area contributed by atoms with Gasteiger partial charge in [0.2, 0.25) is 5.91 Å². The smallest absolute Gasteiger partial charge is 0.356 e. The van der Waals surface area contributed by atoms with E-state index >= 15 is 0 Å². The molecule has 13 heteroatoms. The van der Waals surface area contributed by atoms with Crippen molar-refractivity contribution in [3.05, 3.63) is 59.2 Å². The van der Waals surface area contributed by atoms with Crippen molar-refractivity contribution in [3.63, 3.8) is 0 Å². The van der Waals surface area contributed by atoms with Gasteiger partial charge in [-0.15, -0.1) is 0 Å². The van der Waals surface area contributed by atoms with Gasteiger partial charge < -0.3 is 26.0 Å². The molecule has 2 aromatic heterocycles. The quantitative estimate of drug-likeness (QED) is 0.443. The van der Waals surface area contributed by atoms with Crippen LogP contribution in [-0.2, 0) is 14.3 Å². The van der Waals surface area contributed by atoms with Crippen molar-refractivity contribution in [1.29, 1.82) is 0 Å². The zero-order chi connectivity index (χ0) is 23.1. The first-order valence-electron chi connectivity index (χ1n) is 8.45. The molecular formula is C18H18N6O7. The number of nitrogens with zero attached hydrogens (tertiary/aromatic N) is 4. The number of carboxylic acid groups (broad SMARTS) is 1. The van der Waals surface area contributed by atoms with Crippen LogP contribution in [0.15, 0.2) is 36.7 Å². The highest BCUT2D eigenvalue weighted by molar-refractivity contribution is 5.92. The summed E-state index contributed by atoms with van der Waals surface area (Å²) in [7, 11) is 2.48. The molecule has 0 spiro atoms. The third kappa shape index (κ3) is 5.36. The molecule has 1 atom stereocenters. The van der Waals surface area contributed by atoms with E-state index in [1.165, 1.54) is 32.7 Å². The Morgan fingerprint density at radius 2 is 1.68 bits per heavy atom. The molecule has 0 aliphatic heterocycles. The summed E-state index contributed by atoms with van der Waals surface area (Å²) in [5, 5.41) is 12.5. The number of amides is 1. The molecule has 3 aromatic rings. The van der Waals surface area contributed by atoms with E-state index in [0.29, 0.717) is 11.1 Å². The summed E-state index contributed by atoms with van der Waals surface area (Å²) in [5.41, 5.74) is 11.2. The second-order valence-electron chi connectivity index (χ2n) is 5.79. The van der Waals surface area contributed by atoms with Crippen LogP contribution >= 0.6 is 0 Å². The van der Waals surface area contributed by atoms with Gasteiger partial charge in [0.15, 0.2) is 11.4 Å².